The molecule has 4 heteroatoms. The third-order valence-electron chi connectivity index (χ3n) is 3.89. The summed E-state index contributed by atoms with van der Waals surface area (Å²) in [5, 5.41) is 13.4. The van der Waals surface area contributed by atoms with Gasteiger partial charge in [0.25, 0.3) is 0 Å². The third kappa shape index (κ3) is 3.60. The summed E-state index contributed by atoms with van der Waals surface area (Å²) in [4.78, 5) is 12.2. The molecule has 1 atom stereocenters. The SMILES string of the molecule is O=C(CC(c1cccc(O)c1)c1ccccc1Cl)NC1CC1. The van der Waals surface area contributed by atoms with Crippen molar-refractivity contribution in [3.63, 3.8) is 0 Å². The van der Waals surface area contributed by atoms with Crippen molar-refractivity contribution >= 4 is 17.5 Å². The van der Waals surface area contributed by atoms with Gasteiger partial charge in [0.2, 0.25) is 5.91 Å². The Morgan fingerprint density at radius 1 is 1.23 bits per heavy atom. The molecule has 2 aromatic rings. The molecule has 1 unspecified atom stereocenters. The predicted molar refractivity (Wildman–Crippen MR) is 87.2 cm³/mol. The van der Waals surface area contributed by atoms with E-state index >= 15 is 0 Å². The van der Waals surface area contributed by atoms with Crippen LogP contribution in [0.5, 0.6) is 5.75 Å². The van der Waals surface area contributed by atoms with Crippen molar-refractivity contribution in [2.24, 2.45) is 0 Å². The van der Waals surface area contributed by atoms with Gasteiger partial charge >= 0.3 is 0 Å². The molecule has 0 heterocycles. The molecule has 1 amide bonds. The summed E-state index contributed by atoms with van der Waals surface area (Å²) in [6.45, 7) is 0. The van der Waals surface area contributed by atoms with Crippen LogP contribution in [0.15, 0.2) is 48.5 Å². The Hall–Kier alpha value is -2.00. The van der Waals surface area contributed by atoms with Crippen molar-refractivity contribution < 1.29 is 9.90 Å². The molecule has 0 saturated heterocycles. The maximum absolute atomic E-state index is 12.2. The smallest absolute Gasteiger partial charge is 0.221 e. The minimum Gasteiger partial charge on any atom is -0.508 e. The number of halogens is 1. The van der Waals surface area contributed by atoms with Crippen LogP contribution < -0.4 is 5.32 Å². The number of carbonyl (C=O) groups excluding carboxylic acids is 1. The minimum atomic E-state index is -0.167. The van der Waals surface area contributed by atoms with E-state index < -0.39 is 0 Å². The molecule has 22 heavy (non-hydrogen) atoms. The molecule has 0 aromatic heterocycles. The summed E-state index contributed by atoms with van der Waals surface area (Å²) in [7, 11) is 0. The zero-order valence-electron chi connectivity index (χ0n) is 12.1. The fourth-order valence-corrected chi connectivity index (χ4v) is 2.87. The zero-order chi connectivity index (χ0) is 15.5. The highest BCUT2D eigenvalue weighted by Gasteiger charge is 2.26. The lowest BCUT2D eigenvalue weighted by Gasteiger charge is -2.19. The molecule has 1 aliphatic rings. The van der Waals surface area contributed by atoms with Crippen LogP contribution in [0.2, 0.25) is 5.02 Å². The maximum atomic E-state index is 12.2. The van der Waals surface area contributed by atoms with Gasteiger partial charge in [-0.25, -0.2) is 0 Å². The van der Waals surface area contributed by atoms with Crippen LogP contribution in [-0.2, 0) is 4.79 Å². The van der Waals surface area contributed by atoms with E-state index in [-0.39, 0.29) is 17.6 Å². The topological polar surface area (TPSA) is 49.3 Å². The summed E-state index contributed by atoms with van der Waals surface area (Å²) in [5.74, 6) is 0.0486. The lowest BCUT2D eigenvalue weighted by atomic mass is 9.88. The van der Waals surface area contributed by atoms with Crippen molar-refractivity contribution in [2.75, 3.05) is 0 Å². The Labute approximate surface area is 134 Å². The largest absolute Gasteiger partial charge is 0.508 e. The monoisotopic (exact) mass is 315 g/mol. The quantitative estimate of drug-likeness (QED) is 0.880. The van der Waals surface area contributed by atoms with Gasteiger partial charge in [-0.05, 0) is 42.2 Å². The summed E-state index contributed by atoms with van der Waals surface area (Å²) in [5.41, 5.74) is 1.79. The number of rotatable bonds is 5. The van der Waals surface area contributed by atoms with Crippen molar-refractivity contribution in [3.05, 3.63) is 64.7 Å². The summed E-state index contributed by atoms with van der Waals surface area (Å²) in [6, 6.07) is 14.9. The number of benzene rings is 2. The van der Waals surface area contributed by atoms with Crippen LogP contribution in [0.4, 0.5) is 0 Å². The molecule has 3 nitrogen and oxygen atoms in total. The second-order valence-electron chi connectivity index (χ2n) is 5.71. The second kappa shape index (κ2) is 6.41. The minimum absolute atomic E-state index is 0.0239. The van der Waals surface area contributed by atoms with Crippen LogP contribution in [0.3, 0.4) is 0 Å². The number of hydrogen-bond acceptors (Lipinski definition) is 2. The van der Waals surface area contributed by atoms with Gasteiger partial charge in [0.05, 0.1) is 0 Å². The predicted octanol–water partition coefficient (Wildman–Crippen LogP) is 3.85. The standard InChI is InChI=1S/C18H18ClNO2/c19-17-7-2-1-6-15(17)16(11-18(22)20-13-8-9-13)12-4-3-5-14(21)10-12/h1-7,10,13,16,21H,8-9,11H2,(H,20,22). The molecule has 0 bridgehead atoms. The lowest BCUT2D eigenvalue weighted by Crippen LogP contribution is -2.27. The first-order chi connectivity index (χ1) is 10.6. The van der Waals surface area contributed by atoms with E-state index in [4.69, 9.17) is 11.6 Å². The normalized spacial score (nSPS) is 15.3. The van der Waals surface area contributed by atoms with E-state index in [0.29, 0.717) is 17.5 Å². The van der Waals surface area contributed by atoms with Crippen LogP contribution >= 0.6 is 11.6 Å². The van der Waals surface area contributed by atoms with E-state index in [1.54, 1.807) is 18.2 Å². The third-order valence-corrected chi connectivity index (χ3v) is 4.23. The van der Waals surface area contributed by atoms with Crippen molar-refractivity contribution in [2.45, 2.75) is 31.2 Å². The van der Waals surface area contributed by atoms with Crippen LogP contribution in [-0.4, -0.2) is 17.1 Å². The molecule has 0 radical (unpaired) electrons. The van der Waals surface area contributed by atoms with Gasteiger partial charge in [0.1, 0.15) is 5.75 Å². The highest BCUT2D eigenvalue weighted by Crippen LogP contribution is 2.34. The highest BCUT2D eigenvalue weighted by molar-refractivity contribution is 6.31. The number of phenols is 1. The molecule has 0 aliphatic heterocycles. The van der Waals surface area contributed by atoms with E-state index in [9.17, 15) is 9.90 Å². The van der Waals surface area contributed by atoms with Gasteiger partial charge in [-0.3, -0.25) is 4.79 Å². The van der Waals surface area contributed by atoms with Gasteiger partial charge in [0.15, 0.2) is 0 Å². The van der Waals surface area contributed by atoms with Crippen molar-refractivity contribution in [3.8, 4) is 5.75 Å². The van der Waals surface area contributed by atoms with Gasteiger partial charge < -0.3 is 10.4 Å². The molecule has 2 aromatic carbocycles. The van der Waals surface area contributed by atoms with Crippen molar-refractivity contribution in [1.82, 2.24) is 5.32 Å². The Morgan fingerprint density at radius 2 is 2.00 bits per heavy atom. The van der Waals surface area contributed by atoms with E-state index in [2.05, 4.69) is 5.32 Å². The second-order valence-corrected chi connectivity index (χ2v) is 6.12. The number of phenolic OH excluding ortho intramolecular Hbond substituents is 1. The van der Waals surface area contributed by atoms with Gasteiger partial charge in [-0.15, -0.1) is 0 Å². The van der Waals surface area contributed by atoms with Crippen molar-refractivity contribution in [1.29, 1.82) is 0 Å². The number of aromatic hydroxyl groups is 1. The number of nitrogens with one attached hydrogen (secondary N) is 1. The molecular formula is C18H18ClNO2. The van der Waals surface area contributed by atoms with E-state index in [0.717, 1.165) is 24.0 Å². The Bertz CT molecular complexity index is 682. The number of amides is 1. The molecule has 2 N–H and O–H groups in total. The molecular weight excluding hydrogens is 298 g/mol. The van der Waals surface area contributed by atoms with Crippen LogP contribution in [0.25, 0.3) is 0 Å². The molecule has 1 fully saturated rings. The Morgan fingerprint density at radius 3 is 2.68 bits per heavy atom. The van der Waals surface area contributed by atoms with E-state index in [1.807, 2.05) is 30.3 Å². The fraction of sp³-hybridized carbons (Fsp3) is 0.278. The molecule has 0 spiro atoms. The van der Waals surface area contributed by atoms with E-state index in [1.165, 1.54) is 0 Å². The fourth-order valence-electron chi connectivity index (χ4n) is 2.61. The highest BCUT2D eigenvalue weighted by atomic mass is 35.5. The first-order valence-electron chi connectivity index (χ1n) is 7.46. The summed E-state index contributed by atoms with van der Waals surface area (Å²) in [6.07, 6.45) is 2.45. The lowest BCUT2D eigenvalue weighted by molar-refractivity contribution is -0.121. The van der Waals surface area contributed by atoms with Gasteiger partial charge in [-0.2, -0.15) is 0 Å². The average molecular weight is 316 g/mol. The number of carbonyl (C=O) groups is 1. The summed E-state index contributed by atoms with van der Waals surface area (Å²) < 4.78 is 0. The first kappa shape index (κ1) is 14.9. The first-order valence-corrected chi connectivity index (χ1v) is 7.84. The maximum Gasteiger partial charge on any atom is 0.221 e. The van der Waals surface area contributed by atoms with Crippen LogP contribution in [0, 0.1) is 0 Å². The summed E-state index contributed by atoms with van der Waals surface area (Å²) >= 11 is 6.32. The zero-order valence-corrected chi connectivity index (χ0v) is 12.9. The average Bonchev–Trinajstić information content (AvgIpc) is 3.29. The molecule has 1 saturated carbocycles. The Balaban J connectivity index is 1.90. The molecule has 1 aliphatic carbocycles. The van der Waals surface area contributed by atoms with Gasteiger partial charge in [-0.1, -0.05) is 41.9 Å². The van der Waals surface area contributed by atoms with Crippen LogP contribution in [0.1, 0.15) is 36.3 Å². The molecule has 3 rings (SSSR count). The molecule has 114 valence electrons. The van der Waals surface area contributed by atoms with Gasteiger partial charge in [0, 0.05) is 23.4 Å². The number of hydrogen-bond donors (Lipinski definition) is 2. The Kier molecular flexibility index (Phi) is 4.34.